The number of hydrogen-bond acceptors (Lipinski definition) is 1. The summed E-state index contributed by atoms with van der Waals surface area (Å²) in [5.41, 5.74) is 1.31. The van der Waals surface area contributed by atoms with Gasteiger partial charge in [0.25, 0.3) is 0 Å². The molecule has 0 rings (SSSR count). The second-order valence-corrected chi connectivity index (χ2v) is 11.6. The van der Waals surface area contributed by atoms with Crippen molar-refractivity contribution in [1.29, 1.82) is 0 Å². The largest absolute Gasteiger partial charge is 0.417 e. The molecular formula is C18H32OSi. The lowest BCUT2D eigenvalue weighted by molar-refractivity contribution is 0.279. The first kappa shape index (κ1) is 19.2. The summed E-state index contributed by atoms with van der Waals surface area (Å²) in [5.74, 6) is 2.71. The first-order valence-corrected chi connectivity index (χ1v) is 10.5. The molecule has 20 heavy (non-hydrogen) atoms. The van der Waals surface area contributed by atoms with Gasteiger partial charge >= 0.3 is 0 Å². The summed E-state index contributed by atoms with van der Waals surface area (Å²) in [6, 6.07) is 0. The quantitative estimate of drug-likeness (QED) is 0.229. The summed E-state index contributed by atoms with van der Waals surface area (Å²) in [5, 5.41) is 0.302. The normalized spacial score (nSPS) is 13.1. The van der Waals surface area contributed by atoms with Gasteiger partial charge in [-0.1, -0.05) is 38.5 Å². The van der Waals surface area contributed by atoms with Crippen LogP contribution in [0.4, 0.5) is 0 Å². The van der Waals surface area contributed by atoms with Crippen molar-refractivity contribution in [3.8, 4) is 12.3 Å². The molecule has 0 aliphatic rings. The summed E-state index contributed by atoms with van der Waals surface area (Å²) in [4.78, 5) is 0. The van der Waals surface area contributed by atoms with E-state index in [4.69, 9.17) is 10.8 Å². The molecule has 0 aliphatic heterocycles. The van der Waals surface area contributed by atoms with E-state index in [1.807, 2.05) is 6.08 Å². The number of hydrogen-bond donors (Lipinski definition) is 0. The zero-order valence-corrected chi connectivity index (χ0v) is 15.1. The Morgan fingerprint density at radius 1 is 1.30 bits per heavy atom. The number of terminal acetylenes is 1. The van der Waals surface area contributed by atoms with Crippen LogP contribution in [-0.2, 0) is 4.43 Å². The van der Waals surface area contributed by atoms with E-state index in [2.05, 4.69) is 52.4 Å². The summed E-state index contributed by atoms with van der Waals surface area (Å²) >= 11 is 0. The SMILES string of the molecule is C#CC/C(=C/CCCCO[Si](C)(C)C(C)(C)C)CC=C. The van der Waals surface area contributed by atoms with Crippen LogP contribution in [0.5, 0.6) is 0 Å². The van der Waals surface area contributed by atoms with Crippen LogP contribution in [0.25, 0.3) is 0 Å². The van der Waals surface area contributed by atoms with Crippen LogP contribution in [0.3, 0.4) is 0 Å². The Bertz CT molecular complexity index is 353. The molecule has 0 saturated heterocycles. The van der Waals surface area contributed by atoms with E-state index in [1.54, 1.807) is 0 Å². The van der Waals surface area contributed by atoms with Gasteiger partial charge in [-0.15, -0.1) is 18.9 Å². The van der Waals surface area contributed by atoms with Gasteiger partial charge in [-0.25, -0.2) is 0 Å². The van der Waals surface area contributed by atoms with Gasteiger partial charge in [-0.05, 0) is 43.8 Å². The van der Waals surface area contributed by atoms with Crippen molar-refractivity contribution in [2.75, 3.05) is 6.61 Å². The van der Waals surface area contributed by atoms with Crippen molar-refractivity contribution in [3.63, 3.8) is 0 Å². The first-order valence-electron chi connectivity index (χ1n) is 7.61. The molecule has 0 saturated carbocycles. The van der Waals surface area contributed by atoms with Gasteiger partial charge in [0, 0.05) is 13.0 Å². The third kappa shape index (κ3) is 7.72. The van der Waals surface area contributed by atoms with E-state index in [9.17, 15) is 0 Å². The van der Waals surface area contributed by atoms with Gasteiger partial charge < -0.3 is 4.43 Å². The van der Waals surface area contributed by atoms with Crippen LogP contribution < -0.4 is 0 Å². The van der Waals surface area contributed by atoms with Crippen molar-refractivity contribution in [1.82, 2.24) is 0 Å². The molecule has 0 aliphatic carbocycles. The van der Waals surface area contributed by atoms with E-state index in [0.29, 0.717) is 5.04 Å². The molecule has 0 aromatic rings. The van der Waals surface area contributed by atoms with Gasteiger partial charge in [0.05, 0.1) is 0 Å². The van der Waals surface area contributed by atoms with Gasteiger partial charge in [-0.3, -0.25) is 0 Å². The molecule has 0 bridgehead atoms. The van der Waals surface area contributed by atoms with Crippen LogP contribution in [-0.4, -0.2) is 14.9 Å². The Balaban J connectivity index is 3.95. The van der Waals surface area contributed by atoms with Crippen LogP contribution in [0.2, 0.25) is 18.1 Å². The highest BCUT2D eigenvalue weighted by Gasteiger charge is 2.36. The molecule has 0 radical (unpaired) electrons. The second-order valence-electron chi connectivity index (χ2n) is 6.84. The molecular weight excluding hydrogens is 260 g/mol. The highest BCUT2D eigenvalue weighted by molar-refractivity contribution is 6.74. The topological polar surface area (TPSA) is 9.23 Å². The number of allylic oxidation sites excluding steroid dienone is 3. The van der Waals surface area contributed by atoms with Crippen LogP contribution >= 0.6 is 0 Å². The molecule has 0 N–H and O–H groups in total. The summed E-state index contributed by atoms with van der Waals surface area (Å²) in [6.45, 7) is 16.1. The molecule has 0 spiro atoms. The monoisotopic (exact) mass is 292 g/mol. The molecule has 114 valence electrons. The van der Waals surface area contributed by atoms with E-state index < -0.39 is 8.32 Å². The smallest absolute Gasteiger partial charge is 0.191 e. The maximum atomic E-state index is 6.17. The average molecular weight is 293 g/mol. The molecule has 0 aromatic carbocycles. The molecule has 2 heteroatoms. The van der Waals surface area contributed by atoms with Crippen LogP contribution in [0.1, 0.15) is 52.9 Å². The maximum absolute atomic E-state index is 6.17. The molecule has 0 amide bonds. The predicted octanol–water partition coefficient (Wildman–Crippen LogP) is 5.70. The zero-order valence-electron chi connectivity index (χ0n) is 14.1. The minimum absolute atomic E-state index is 0.302. The van der Waals surface area contributed by atoms with Gasteiger partial charge in [0.2, 0.25) is 0 Å². The summed E-state index contributed by atoms with van der Waals surface area (Å²) in [6.07, 6.45) is 14.6. The standard InChI is InChI=1S/C18H32OSi/c1-8-13-17(14-9-2)15-11-10-12-16-19-20(6,7)18(3,4)5/h1,9,15H,2,10-14,16H2,3-7H3/b17-15-. The molecule has 0 aromatic heterocycles. The summed E-state index contributed by atoms with van der Waals surface area (Å²) in [7, 11) is -1.57. The summed E-state index contributed by atoms with van der Waals surface area (Å²) < 4.78 is 6.17. The fourth-order valence-corrected chi connectivity index (χ4v) is 2.73. The highest BCUT2D eigenvalue weighted by Crippen LogP contribution is 2.36. The third-order valence-electron chi connectivity index (χ3n) is 4.04. The van der Waals surface area contributed by atoms with Crippen molar-refractivity contribution in [2.45, 2.75) is 71.0 Å². The van der Waals surface area contributed by atoms with Gasteiger partial charge in [0.1, 0.15) is 0 Å². The number of unbranched alkanes of at least 4 members (excludes halogenated alkanes) is 2. The van der Waals surface area contributed by atoms with Gasteiger partial charge in [0.15, 0.2) is 8.32 Å². The zero-order chi connectivity index (χ0) is 15.6. The maximum Gasteiger partial charge on any atom is 0.191 e. The fourth-order valence-electron chi connectivity index (χ4n) is 1.64. The Morgan fingerprint density at radius 2 is 1.95 bits per heavy atom. The van der Waals surface area contributed by atoms with Crippen molar-refractivity contribution >= 4 is 8.32 Å². The molecule has 1 nitrogen and oxygen atoms in total. The second kappa shape index (κ2) is 9.21. The van der Waals surface area contributed by atoms with E-state index in [-0.39, 0.29) is 0 Å². The lowest BCUT2D eigenvalue weighted by Crippen LogP contribution is -2.40. The first-order chi connectivity index (χ1) is 9.24. The van der Waals surface area contributed by atoms with Gasteiger partial charge in [-0.2, -0.15) is 0 Å². The van der Waals surface area contributed by atoms with Crippen molar-refractivity contribution in [3.05, 3.63) is 24.3 Å². The Morgan fingerprint density at radius 3 is 2.45 bits per heavy atom. The highest BCUT2D eigenvalue weighted by atomic mass is 28.4. The molecule has 0 atom stereocenters. The minimum atomic E-state index is -1.57. The lowest BCUT2D eigenvalue weighted by Gasteiger charge is -2.36. The Kier molecular flexibility index (Phi) is 8.85. The Labute approximate surface area is 127 Å². The van der Waals surface area contributed by atoms with E-state index >= 15 is 0 Å². The predicted molar refractivity (Wildman–Crippen MR) is 93.3 cm³/mol. The lowest BCUT2D eigenvalue weighted by atomic mass is 10.1. The fraction of sp³-hybridized carbons (Fsp3) is 0.667. The van der Waals surface area contributed by atoms with E-state index in [0.717, 1.165) is 32.3 Å². The van der Waals surface area contributed by atoms with E-state index in [1.165, 1.54) is 12.0 Å². The average Bonchev–Trinajstić information content (AvgIpc) is 2.32. The van der Waals surface area contributed by atoms with Crippen molar-refractivity contribution < 1.29 is 4.43 Å². The Hall–Kier alpha value is -0.783. The van der Waals surface area contributed by atoms with Crippen molar-refractivity contribution in [2.24, 2.45) is 0 Å². The third-order valence-corrected chi connectivity index (χ3v) is 8.57. The van der Waals surface area contributed by atoms with Crippen LogP contribution in [0.15, 0.2) is 24.3 Å². The number of rotatable bonds is 9. The molecule has 0 unspecified atom stereocenters. The van der Waals surface area contributed by atoms with Crippen LogP contribution in [0, 0.1) is 12.3 Å². The molecule has 0 fully saturated rings. The minimum Gasteiger partial charge on any atom is -0.417 e. The molecule has 0 heterocycles.